The number of nitrogens with one attached hydrogen (secondary N) is 1. The SMILES string of the molecule is CSc1nc(=S)c2cnn(C(C)(C)C)c2[nH]1. The first-order chi connectivity index (χ1) is 7.43. The zero-order valence-electron chi connectivity index (χ0n) is 9.74. The number of aromatic nitrogens is 4. The lowest BCUT2D eigenvalue weighted by molar-refractivity contribution is 0.365. The zero-order chi connectivity index (χ0) is 11.9. The van der Waals surface area contributed by atoms with E-state index in [0.717, 1.165) is 16.2 Å². The van der Waals surface area contributed by atoms with Gasteiger partial charge in [0.15, 0.2) is 5.16 Å². The summed E-state index contributed by atoms with van der Waals surface area (Å²) in [5.41, 5.74) is 0.869. The molecule has 0 atom stereocenters. The molecule has 2 heterocycles. The second-order valence-electron chi connectivity index (χ2n) is 4.54. The fraction of sp³-hybridized carbons (Fsp3) is 0.500. The van der Waals surface area contributed by atoms with Gasteiger partial charge in [-0.05, 0) is 27.0 Å². The lowest BCUT2D eigenvalue weighted by atomic mass is 10.1. The highest BCUT2D eigenvalue weighted by Gasteiger charge is 2.18. The normalized spacial score (nSPS) is 12.2. The Morgan fingerprint density at radius 2 is 2.12 bits per heavy atom. The van der Waals surface area contributed by atoms with Crippen LogP contribution >= 0.6 is 24.0 Å². The van der Waals surface area contributed by atoms with Crippen LogP contribution in [0.2, 0.25) is 0 Å². The Hall–Kier alpha value is -0.880. The Bertz CT molecular complexity index is 576. The third-order valence-corrected chi connectivity index (χ3v) is 3.15. The third kappa shape index (κ3) is 1.87. The number of hydrogen-bond acceptors (Lipinski definition) is 4. The van der Waals surface area contributed by atoms with Crippen LogP contribution in [0.15, 0.2) is 11.4 Å². The first kappa shape index (κ1) is 11.6. The lowest BCUT2D eigenvalue weighted by Gasteiger charge is -2.20. The fourth-order valence-electron chi connectivity index (χ4n) is 1.51. The molecule has 0 aliphatic heterocycles. The molecule has 1 N–H and O–H groups in total. The molecule has 0 aliphatic carbocycles. The molecule has 0 fully saturated rings. The molecule has 0 aliphatic rings. The molecule has 0 unspecified atom stereocenters. The van der Waals surface area contributed by atoms with E-state index in [1.54, 1.807) is 18.0 Å². The molecule has 4 nitrogen and oxygen atoms in total. The average molecular weight is 254 g/mol. The molecule has 0 spiro atoms. The molecule has 6 heteroatoms. The van der Waals surface area contributed by atoms with Gasteiger partial charge in [0.05, 0.1) is 17.1 Å². The molecule has 2 aromatic heterocycles. The zero-order valence-corrected chi connectivity index (χ0v) is 11.4. The van der Waals surface area contributed by atoms with Crippen LogP contribution in [0.4, 0.5) is 0 Å². The summed E-state index contributed by atoms with van der Waals surface area (Å²) in [4.78, 5) is 7.54. The average Bonchev–Trinajstić information content (AvgIpc) is 2.60. The van der Waals surface area contributed by atoms with Gasteiger partial charge in [-0.15, -0.1) is 0 Å². The highest BCUT2D eigenvalue weighted by atomic mass is 32.2. The lowest BCUT2D eigenvalue weighted by Crippen LogP contribution is -2.23. The van der Waals surface area contributed by atoms with Crippen molar-refractivity contribution < 1.29 is 0 Å². The highest BCUT2D eigenvalue weighted by Crippen LogP contribution is 2.22. The predicted molar refractivity (Wildman–Crippen MR) is 69.5 cm³/mol. The summed E-state index contributed by atoms with van der Waals surface area (Å²) in [6.07, 6.45) is 3.74. The Labute approximate surface area is 103 Å². The number of thioether (sulfide) groups is 1. The highest BCUT2D eigenvalue weighted by molar-refractivity contribution is 7.98. The Morgan fingerprint density at radius 3 is 2.69 bits per heavy atom. The Morgan fingerprint density at radius 1 is 1.44 bits per heavy atom. The summed E-state index contributed by atoms with van der Waals surface area (Å²) >= 11 is 6.79. The number of aromatic amines is 1. The topological polar surface area (TPSA) is 46.5 Å². The van der Waals surface area contributed by atoms with Crippen LogP contribution in [0, 0.1) is 4.64 Å². The van der Waals surface area contributed by atoms with Crippen molar-refractivity contribution in [3.8, 4) is 0 Å². The van der Waals surface area contributed by atoms with Gasteiger partial charge in [0, 0.05) is 0 Å². The van der Waals surface area contributed by atoms with Gasteiger partial charge in [-0.3, -0.25) is 0 Å². The van der Waals surface area contributed by atoms with Gasteiger partial charge >= 0.3 is 0 Å². The number of nitrogens with zero attached hydrogens (tertiary/aromatic N) is 3. The first-order valence-corrected chi connectivity index (χ1v) is 6.59. The van der Waals surface area contributed by atoms with Crippen molar-refractivity contribution in [2.45, 2.75) is 31.5 Å². The minimum absolute atomic E-state index is 0.0724. The van der Waals surface area contributed by atoms with Gasteiger partial charge in [0.1, 0.15) is 10.3 Å². The monoisotopic (exact) mass is 254 g/mol. The quantitative estimate of drug-likeness (QED) is 0.483. The van der Waals surface area contributed by atoms with Crippen LogP contribution in [0.25, 0.3) is 11.0 Å². The van der Waals surface area contributed by atoms with Gasteiger partial charge in [-0.25, -0.2) is 9.67 Å². The maximum atomic E-state index is 5.25. The molecule has 2 rings (SSSR count). The Balaban J connectivity index is 2.81. The summed E-state index contributed by atoms with van der Waals surface area (Å²) < 4.78 is 2.55. The van der Waals surface area contributed by atoms with Gasteiger partial charge < -0.3 is 4.98 Å². The minimum atomic E-state index is -0.0724. The summed E-state index contributed by atoms with van der Waals surface area (Å²) in [7, 11) is 0. The standard InChI is InChI=1S/C10H14N4S2/c1-10(2,3)14-7-6(5-11-14)8(15)13-9(12-7)16-4/h5H,1-4H3,(H,12,13,15). The molecule has 0 saturated carbocycles. The minimum Gasteiger partial charge on any atom is -0.319 e. The maximum Gasteiger partial charge on any atom is 0.168 e. The molecule has 16 heavy (non-hydrogen) atoms. The van der Waals surface area contributed by atoms with Crippen LogP contribution in [0.5, 0.6) is 0 Å². The van der Waals surface area contributed by atoms with Crippen molar-refractivity contribution in [3.63, 3.8) is 0 Å². The van der Waals surface area contributed by atoms with Crippen LogP contribution in [0.3, 0.4) is 0 Å². The molecule has 0 amide bonds. The van der Waals surface area contributed by atoms with E-state index in [2.05, 4.69) is 35.8 Å². The van der Waals surface area contributed by atoms with Crippen LogP contribution in [0.1, 0.15) is 20.8 Å². The van der Waals surface area contributed by atoms with Gasteiger partial charge in [-0.2, -0.15) is 5.10 Å². The van der Waals surface area contributed by atoms with E-state index < -0.39 is 0 Å². The van der Waals surface area contributed by atoms with Gasteiger partial charge in [0.25, 0.3) is 0 Å². The van der Waals surface area contributed by atoms with Gasteiger partial charge in [0.2, 0.25) is 0 Å². The second-order valence-corrected chi connectivity index (χ2v) is 5.72. The molecule has 86 valence electrons. The number of rotatable bonds is 1. The molecule has 0 bridgehead atoms. The van der Waals surface area contributed by atoms with E-state index in [-0.39, 0.29) is 5.54 Å². The summed E-state index contributed by atoms with van der Waals surface area (Å²) in [6, 6.07) is 0. The summed E-state index contributed by atoms with van der Waals surface area (Å²) in [6.45, 7) is 6.32. The van der Waals surface area contributed by atoms with E-state index in [1.165, 1.54) is 0 Å². The third-order valence-electron chi connectivity index (χ3n) is 2.26. The van der Waals surface area contributed by atoms with E-state index in [1.807, 2.05) is 10.9 Å². The summed E-state index contributed by atoms with van der Waals surface area (Å²) in [5, 5.41) is 6.10. The number of hydrogen-bond donors (Lipinski definition) is 1. The van der Waals surface area contributed by atoms with E-state index in [9.17, 15) is 0 Å². The molecule has 0 saturated heterocycles. The summed E-state index contributed by atoms with van der Waals surface area (Å²) in [5.74, 6) is 0. The van der Waals surface area contributed by atoms with Crippen LogP contribution in [-0.2, 0) is 5.54 Å². The first-order valence-electron chi connectivity index (χ1n) is 4.96. The molecular weight excluding hydrogens is 240 g/mol. The van der Waals surface area contributed by atoms with Crippen molar-refractivity contribution in [2.75, 3.05) is 6.26 Å². The van der Waals surface area contributed by atoms with Crippen molar-refractivity contribution in [3.05, 3.63) is 10.8 Å². The van der Waals surface area contributed by atoms with Crippen LogP contribution in [-0.4, -0.2) is 26.0 Å². The largest absolute Gasteiger partial charge is 0.319 e. The number of fused-ring (bicyclic) bond motifs is 1. The number of H-pyrrole nitrogens is 1. The molecule has 2 aromatic rings. The van der Waals surface area contributed by atoms with Gasteiger partial charge in [-0.1, -0.05) is 24.0 Å². The fourth-order valence-corrected chi connectivity index (χ4v) is 2.19. The molecule has 0 aromatic carbocycles. The van der Waals surface area contributed by atoms with Crippen molar-refractivity contribution in [1.29, 1.82) is 0 Å². The smallest absolute Gasteiger partial charge is 0.168 e. The maximum absolute atomic E-state index is 5.25. The van der Waals surface area contributed by atoms with E-state index in [4.69, 9.17) is 12.2 Å². The molecule has 0 radical (unpaired) electrons. The predicted octanol–water partition coefficient (Wildman–Crippen LogP) is 2.97. The van der Waals surface area contributed by atoms with Crippen LogP contribution < -0.4 is 0 Å². The molecular formula is C10H14N4S2. The van der Waals surface area contributed by atoms with E-state index >= 15 is 0 Å². The van der Waals surface area contributed by atoms with Crippen molar-refractivity contribution in [1.82, 2.24) is 19.7 Å². The van der Waals surface area contributed by atoms with Crippen molar-refractivity contribution in [2.24, 2.45) is 0 Å². The van der Waals surface area contributed by atoms with Crippen molar-refractivity contribution >= 4 is 35.0 Å². The second kappa shape index (κ2) is 3.85. The Kier molecular flexibility index (Phi) is 2.79. The van der Waals surface area contributed by atoms with E-state index in [0.29, 0.717) is 4.64 Å².